The normalized spacial score (nSPS) is 24.7. The predicted octanol–water partition coefficient (Wildman–Crippen LogP) is 2.21. The van der Waals surface area contributed by atoms with Gasteiger partial charge in [0.25, 0.3) is 0 Å². The number of fused-ring (bicyclic) bond motifs is 1. The van der Waals surface area contributed by atoms with Crippen LogP contribution < -0.4 is 20.7 Å². The molecule has 0 spiro atoms. The first-order valence-electron chi connectivity index (χ1n) is 12.7. The first-order valence-corrected chi connectivity index (χ1v) is 12.7. The van der Waals surface area contributed by atoms with E-state index in [1.54, 1.807) is 33.0 Å². The minimum atomic E-state index is -0.880. The molecule has 200 valence electrons. The molecule has 9 heteroatoms. The quantitative estimate of drug-likeness (QED) is 0.573. The van der Waals surface area contributed by atoms with Crippen LogP contribution in [0, 0.1) is 5.82 Å². The molecular weight excluding hydrogens is 475 g/mol. The van der Waals surface area contributed by atoms with Crippen molar-refractivity contribution in [3.05, 3.63) is 65.5 Å². The Morgan fingerprint density at radius 1 is 1.00 bits per heavy atom. The highest BCUT2D eigenvalue weighted by Gasteiger charge is 2.29. The van der Waals surface area contributed by atoms with Crippen molar-refractivity contribution >= 4 is 17.7 Å². The lowest BCUT2D eigenvalue weighted by molar-refractivity contribution is -0.140. The van der Waals surface area contributed by atoms with E-state index in [-0.39, 0.29) is 30.2 Å². The van der Waals surface area contributed by atoms with Crippen LogP contribution in [-0.2, 0) is 27.2 Å². The molecule has 0 aromatic heterocycles. The minimum absolute atomic E-state index is 0.187. The molecule has 0 bridgehead atoms. The summed E-state index contributed by atoms with van der Waals surface area (Å²) in [6.07, 6.45) is 1.38. The Kier molecular flexibility index (Phi) is 10.0. The van der Waals surface area contributed by atoms with Crippen LogP contribution in [0.25, 0.3) is 0 Å². The second kappa shape index (κ2) is 13.2. The molecule has 4 atom stereocenters. The largest absolute Gasteiger partial charge is 0.489 e. The van der Waals surface area contributed by atoms with Crippen molar-refractivity contribution in [2.24, 2.45) is 0 Å². The number of para-hydroxylation sites is 1. The molecule has 37 heavy (non-hydrogen) atoms. The van der Waals surface area contributed by atoms with Gasteiger partial charge in [-0.15, -0.1) is 0 Å². The smallest absolute Gasteiger partial charge is 0.243 e. The van der Waals surface area contributed by atoms with Crippen molar-refractivity contribution < 1.29 is 23.5 Å². The van der Waals surface area contributed by atoms with Crippen LogP contribution in [0.15, 0.2) is 48.5 Å². The Bertz CT molecular complexity index is 1080. The standard InChI is InChI=1S/C28H37FN4O4/c1-18-17-31-19(2)28(36)33(4)20(3)26(34)32-24(16-21-11-13-23(29)14-12-21)27(35)30-15-7-9-22-8-5-6-10-25(22)37-18/h5-6,8,10-14,18-20,24,31H,7,9,15-17H2,1-4H3,(H,30,35)(H,32,34)/t18-,19?,20-,24-/m1/s1. The van der Waals surface area contributed by atoms with E-state index < -0.39 is 24.0 Å². The molecule has 1 aliphatic rings. The van der Waals surface area contributed by atoms with Crippen molar-refractivity contribution in [3.63, 3.8) is 0 Å². The number of aryl methyl sites for hydroxylation is 1. The molecule has 0 saturated carbocycles. The Balaban J connectivity index is 1.82. The molecule has 1 heterocycles. The summed E-state index contributed by atoms with van der Waals surface area (Å²) in [5, 5.41) is 8.90. The zero-order chi connectivity index (χ0) is 26.9. The summed E-state index contributed by atoms with van der Waals surface area (Å²) in [6.45, 7) is 6.15. The van der Waals surface area contributed by atoms with Crippen molar-refractivity contribution in [1.82, 2.24) is 20.9 Å². The molecule has 0 saturated heterocycles. The van der Waals surface area contributed by atoms with Gasteiger partial charge in [0.05, 0.1) is 6.04 Å². The summed E-state index contributed by atoms with van der Waals surface area (Å²) >= 11 is 0. The van der Waals surface area contributed by atoms with Crippen LogP contribution in [0.3, 0.4) is 0 Å². The molecule has 3 amide bonds. The summed E-state index contributed by atoms with van der Waals surface area (Å²) in [5.74, 6) is -0.645. The van der Waals surface area contributed by atoms with Gasteiger partial charge < -0.3 is 25.6 Å². The molecule has 3 rings (SSSR count). The number of carbonyl (C=O) groups is 3. The minimum Gasteiger partial charge on any atom is -0.489 e. The first-order chi connectivity index (χ1) is 17.7. The highest BCUT2D eigenvalue weighted by Crippen LogP contribution is 2.21. The predicted molar refractivity (Wildman–Crippen MR) is 140 cm³/mol. The van der Waals surface area contributed by atoms with E-state index in [0.29, 0.717) is 31.5 Å². The van der Waals surface area contributed by atoms with E-state index in [1.165, 1.54) is 17.0 Å². The molecular formula is C28H37FN4O4. The Hall–Kier alpha value is -3.46. The second-order valence-corrected chi connectivity index (χ2v) is 9.58. The van der Waals surface area contributed by atoms with Gasteiger partial charge in [0.15, 0.2) is 0 Å². The van der Waals surface area contributed by atoms with Crippen molar-refractivity contribution in [1.29, 1.82) is 0 Å². The van der Waals surface area contributed by atoms with Crippen LogP contribution >= 0.6 is 0 Å². The number of benzene rings is 2. The number of hydrogen-bond donors (Lipinski definition) is 3. The molecule has 2 aromatic rings. The molecule has 0 aliphatic carbocycles. The van der Waals surface area contributed by atoms with Gasteiger partial charge in [-0.05, 0) is 62.9 Å². The third kappa shape index (κ3) is 8.01. The van der Waals surface area contributed by atoms with Crippen LogP contribution in [0.2, 0.25) is 0 Å². The first kappa shape index (κ1) is 28.1. The highest BCUT2D eigenvalue weighted by atomic mass is 19.1. The average Bonchev–Trinajstić information content (AvgIpc) is 2.89. The van der Waals surface area contributed by atoms with Crippen molar-refractivity contribution in [2.45, 2.75) is 64.3 Å². The van der Waals surface area contributed by atoms with E-state index >= 15 is 0 Å². The fraction of sp³-hybridized carbons (Fsp3) is 0.464. The number of ether oxygens (including phenoxy) is 1. The topological polar surface area (TPSA) is 99.8 Å². The number of hydrogen-bond acceptors (Lipinski definition) is 5. The van der Waals surface area contributed by atoms with Gasteiger partial charge in [-0.1, -0.05) is 30.3 Å². The lowest BCUT2D eigenvalue weighted by Gasteiger charge is -2.29. The number of rotatable bonds is 2. The summed E-state index contributed by atoms with van der Waals surface area (Å²) in [6, 6.07) is 11.4. The number of carbonyl (C=O) groups excluding carboxylic acids is 3. The zero-order valence-electron chi connectivity index (χ0n) is 21.9. The maximum atomic E-state index is 13.4. The van der Waals surface area contributed by atoms with Gasteiger partial charge in [0, 0.05) is 26.6 Å². The lowest BCUT2D eigenvalue weighted by atomic mass is 10.0. The van der Waals surface area contributed by atoms with Crippen LogP contribution in [-0.4, -0.2) is 67.0 Å². The summed E-state index contributed by atoms with van der Waals surface area (Å²) in [7, 11) is 1.56. The number of likely N-dealkylation sites (N-methyl/N-ethyl adjacent to an activating group) is 1. The SMILES string of the molecule is CC1NC[C@@H](C)Oc2ccccc2CCCNC(=O)[C@@H](Cc2ccc(F)cc2)NC(=O)[C@@H](C)N(C)C1=O. The number of nitrogens with one attached hydrogen (secondary N) is 3. The summed E-state index contributed by atoms with van der Waals surface area (Å²) < 4.78 is 19.5. The van der Waals surface area contributed by atoms with Gasteiger partial charge in [-0.3, -0.25) is 14.4 Å². The van der Waals surface area contributed by atoms with Gasteiger partial charge in [-0.2, -0.15) is 0 Å². The molecule has 0 radical (unpaired) electrons. The second-order valence-electron chi connectivity index (χ2n) is 9.58. The Morgan fingerprint density at radius 3 is 2.43 bits per heavy atom. The number of nitrogens with zero attached hydrogens (tertiary/aromatic N) is 1. The fourth-order valence-electron chi connectivity index (χ4n) is 4.16. The zero-order valence-corrected chi connectivity index (χ0v) is 21.9. The van der Waals surface area contributed by atoms with Crippen molar-refractivity contribution in [2.75, 3.05) is 20.1 Å². The number of halogens is 1. The van der Waals surface area contributed by atoms with Crippen LogP contribution in [0.5, 0.6) is 5.75 Å². The van der Waals surface area contributed by atoms with E-state index in [2.05, 4.69) is 16.0 Å². The van der Waals surface area contributed by atoms with Gasteiger partial charge in [-0.25, -0.2) is 4.39 Å². The third-order valence-corrected chi connectivity index (χ3v) is 6.60. The molecule has 2 aromatic carbocycles. The van der Waals surface area contributed by atoms with Gasteiger partial charge in [0.2, 0.25) is 17.7 Å². The molecule has 0 fully saturated rings. The molecule has 3 N–H and O–H groups in total. The maximum absolute atomic E-state index is 13.4. The van der Waals surface area contributed by atoms with E-state index in [4.69, 9.17) is 4.74 Å². The molecule has 1 aliphatic heterocycles. The monoisotopic (exact) mass is 512 g/mol. The fourth-order valence-corrected chi connectivity index (χ4v) is 4.16. The van der Waals surface area contributed by atoms with Gasteiger partial charge in [0.1, 0.15) is 29.8 Å². The third-order valence-electron chi connectivity index (χ3n) is 6.60. The van der Waals surface area contributed by atoms with Crippen LogP contribution in [0.4, 0.5) is 4.39 Å². The van der Waals surface area contributed by atoms with Gasteiger partial charge >= 0.3 is 0 Å². The van der Waals surface area contributed by atoms with E-state index in [1.807, 2.05) is 31.2 Å². The Labute approximate surface area is 217 Å². The lowest BCUT2D eigenvalue weighted by Crippen LogP contribution is -2.56. The molecule has 1 unspecified atom stereocenters. The van der Waals surface area contributed by atoms with Crippen molar-refractivity contribution in [3.8, 4) is 5.75 Å². The maximum Gasteiger partial charge on any atom is 0.243 e. The molecule has 8 nitrogen and oxygen atoms in total. The van der Waals surface area contributed by atoms with E-state index in [9.17, 15) is 18.8 Å². The average molecular weight is 513 g/mol. The van der Waals surface area contributed by atoms with E-state index in [0.717, 1.165) is 11.3 Å². The highest BCUT2D eigenvalue weighted by molar-refractivity contribution is 5.92. The summed E-state index contributed by atoms with van der Waals surface area (Å²) in [4.78, 5) is 40.5. The Morgan fingerprint density at radius 2 is 1.70 bits per heavy atom. The summed E-state index contributed by atoms with van der Waals surface area (Å²) in [5.41, 5.74) is 1.73. The van der Waals surface area contributed by atoms with Crippen LogP contribution in [0.1, 0.15) is 38.3 Å². The number of amides is 3.